The maximum atomic E-state index is 12.4. The number of methoxy groups -OCH3 is 2. The van der Waals surface area contributed by atoms with E-state index in [9.17, 15) is 9.59 Å². The molecule has 0 aliphatic heterocycles. The van der Waals surface area contributed by atoms with Crippen LogP contribution in [0.4, 0.5) is 0 Å². The molecule has 0 bridgehead atoms. The minimum absolute atomic E-state index is 0.220. The van der Waals surface area contributed by atoms with Crippen LogP contribution >= 0.6 is 0 Å². The summed E-state index contributed by atoms with van der Waals surface area (Å²) in [6.07, 6.45) is 0. The normalized spacial score (nSPS) is 10.0. The fourth-order valence-electron chi connectivity index (χ4n) is 2.49. The molecule has 0 heterocycles. The van der Waals surface area contributed by atoms with Crippen molar-refractivity contribution in [1.29, 1.82) is 0 Å². The van der Waals surface area contributed by atoms with Gasteiger partial charge in [0, 0.05) is 18.7 Å². The Hall–Kier alpha value is -3.22. The Morgan fingerprint density at radius 1 is 0.852 bits per heavy atom. The third-order valence-electron chi connectivity index (χ3n) is 3.78. The molecule has 0 radical (unpaired) electrons. The Balaban J connectivity index is 1.86. The summed E-state index contributed by atoms with van der Waals surface area (Å²) >= 11 is 0. The number of carbonyl (C=O) groups excluding carboxylic acids is 2. The Labute approximate surface area is 158 Å². The Morgan fingerprint density at radius 2 is 1.41 bits per heavy atom. The van der Waals surface area contributed by atoms with Gasteiger partial charge in [0.25, 0.3) is 11.8 Å². The molecule has 144 valence electrons. The maximum absolute atomic E-state index is 12.4. The van der Waals surface area contributed by atoms with E-state index in [2.05, 4.69) is 10.6 Å². The summed E-state index contributed by atoms with van der Waals surface area (Å²) in [5, 5.41) is 5.50. The lowest BCUT2D eigenvalue weighted by molar-refractivity contribution is 0.0924. The zero-order valence-corrected chi connectivity index (χ0v) is 15.7. The Bertz CT molecular complexity index is 752. The summed E-state index contributed by atoms with van der Waals surface area (Å²) in [6.45, 7) is 3.02. The summed E-state index contributed by atoms with van der Waals surface area (Å²) in [5.41, 5.74) is 0.844. The average molecular weight is 372 g/mol. The van der Waals surface area contributed by atoms with Gasteiger partial charge in [0.15, 0.2) is 0 Å². The van der Waals surface area contributed by atoms with Crippen LogP contribution in [0, 0.1) is 0 Å². The molecule has 2 rings (SSSR count). The highest BCUT2D eigenvalue weighted by molar-refractivity contribution is 5.99. The van der Waals surface area contributed by atoms with Crippen LogP contribution in [0.3, 0.4) is 0 Å². The molecule has 0 aliphatic carbocycles. The van der Waals surface area contributed by atoms with Gasteiger partial charge < -0.3 is 24.8 Å². The van der Waals surface area contributed by atoms with Gasteiger partial charge >= 0.3 is 0 Å². The fourth-order valence-corrected chi connectivity index (χ4v) is 2.49. The van der Waals surface area contributed by atoms with Crippen LogP contribution in [0.1, 0.15) is 27.6 Å². The first-order valence-electron chi connectivity index (χ1n) is 8.61. The first-order chi connectivity index (χ1) is 13.1. The molecule has 27 heavy (non-hydrogen) atoms. The molecule has 7 nitrogen and oxygen atoms in total. The second kappa shape index (κ2) is 10.1. The highest BCUT2D eigenvalue weighted by Crippen LogP contribution is 2.27. The molecule has 2 N–H and O–H groups in total. The Kier molecular flexibility index (Phi) is 7.49. The van der Waals surface area contributed by atoms with Gasteiger partial charge in [-0.05, 0) is 43.3 Å². The third-order valence-corrected chi connectivity index (χ3v) is 3.78. The molecule has 2 aromatic rings. The highest BCUT2D eigenvalue weighted by atomic mass is 16.5. The second-order valence-electron chi connectivity index (χ2n) is 5.51. The zero-order chi connectivity index (χ0) is 19.6. The van der Waals surface area contributed by atoms with Crippen molar-refractivity contribution < 1.29 is 23.8 Å². The third kappa shape index (κ3) is 5.37. The zero-order valence-electron chi connectivity index (χ0n) is 15.7. The van der Waals surface area contributed by atoms with Crippen molar-refractivity contribution in [2.24, 2.45) is 0 Å². The van der Waals surface area contributed by atoms with E-state index < -0.39 is 0 Å². The molecular formula is C20H24N2O5. The van der Waals surface area contributed by atoms with Gasteiger partial charge in [-0.1, -0.05) is 6.07 Å². The molecule has 0 unspecified atom stereocenters. The van der Waals surface area contributed by atoms with Crippen molar-refractivity contribution in [3.63, 3.8) is 0 Å². The molecule has 7 heteroatoms. The summed E-state index contributed by atoms with van der Waals surface area (Å²) < 4.78 is 15.8. The van der Waals surface area contributed by atoms with Crippen LogP contribution in [0.15, 0.2) is 42.5 Å². The molecule has 0 fully saturated rings. The first-order valence-corrected chi connectivity index (χ1v) is 8.61. The van der Waals surface area contributed by atoms with E-state index in [4.69, 9.17) is 14.2 Å². The fraction of sp³-hybridized carbons (Fsp3) is 0.300. The summed E-state index contributed by atoms with van der Waals surface area (Å²) in [7, 11) is 2.98. The summed E-state index contributed by atoms with van der Waals surface area (Å²) in [6, 6.07) is 12.0. The maximum Gasteiger partial charge on any atom is 0.258 e. The molecular weight excluding hydrogens is 348 g/mol. The van der Waals surface area contributed by atoms with Crippen molar-refractivity contribution in [3.05, 3.63) is 53.6 Å². The van der Waals surface area contributed by atoms with Gasteiger partial charge in [-0.15, -0.1) is 0 Å². The van der Waals surface area contributed by atoms with E-state index in [0.29, 0.717) is 35.0 Å². The molecule has 2 amide bonds. The molecule has 0 atom stereocenters. The number of ether oxygens (including phenoxy) is 3. The Morgan fingerprint density at radius 3 is 1.93 bits per heavy atom. The van der Waals surface area contributed by atoms with Crippen molar-refractivity contribution in [2.45, 2.75) is 6.92 Å². The van der Waals surface area contributed by atoms with Crippen LogP contribution in [0.25, 0.3) is 0 Å². The smallest absolute Gasteiger partial charge is 0.258 e. The number of benzene rings is 2. The monoisotopic (exact) mass is 372 g/mol. The quantitative estimate of drug-likeness (QED) is 0.660. The van der Waals surface area contributed by atoms with Crippen LogP contribution < -0.4 is 24.8 Å². The predicted octanol–water partition coefficient (Wildman–Crippen LogP) is 2.26. The van der Waals surface area contributed by atoms with Crippen LogP contribution in [-0.2, 0) is 0 Å². The van der Waals surface area contributed by atoms with Gasteiger partial charge in [-0.25, -0.2) is 0 Å². The summed E-state index contributed by atoms with van der Waals surface area (Å²) in [4.78, 5) is 24.5. The molecule has 0 saturated heterocycles. The van der Waals surface area contributed by atoms with Crippen molar-refractivity contribution in [1.82, 2.24) is 10.6 Å². The lowest BCUT2D eigenvalue weighted by atomic mass is 10.1. The minimum Gasteiger partial charge on any atom is -0.496 e. The van der Waals surface area contributed by atoms with Crippen LogP contribution in [0.5, 0.6) is 17.2 Å². The predicted molar refractivity (Wildman–Crippen MR) is 102 cm³/mol. The highest BCUT2D eigenvalue weighted by Gasteiger charge is 2.17. The van der Waals surface area contributed by atoms with E-state index in [-0.39, 0.29) is 24.9 Å². The van der Waals surface area contributed by atoms with E-state index in [1.54, 1.807) is 42.5 Å². The number of nitrogens with one attached hydrogen (secondary N) is 2. The van der Waals surface area contributed by atoms with Gasteiger partial charge in [-0.3, -0.25) is 9.59 Å². The van der Waals surface area contributed by atoms with Gasteiger partial charge in [0.2, 0.25) is 0 Å². The number of rotatable bonds is 9. The van der Waals surface area contributed by atoms with E-state index in [1.807, 2.05) is 6.92 Å². The topological polar surface area (TPSA) is 85.9 Å². The van der Waals surface area contributed by atoms with Gasteiger partial charge in [0.1, 0.15) is 22.8 Å². The lowest BCUT2D eigenvalue weighted by Gasteiger charge is -2.13. The minimum atomic E-state index is -0.334. The molecule has 0 aromatic heterocycles. The second-order valence-corrected chi connectivity index (χ2v) is 5.51. The number of hydrogen-bond donors (Lipinski definition) is 2. The summed E-state index contributed by atoms with van der Waals surface area (Å²) in [5.74, 6) is 1.00. The standard InChI is InChI=1S/C20H24N2O5/c1-4-27-15-10-8-14(9-11-15)19(23)21-12-13-22-20(24)18-16(25-2)6-5-7-17(18)26-3/h5-11H,4,12-13H2,1-3H3,(H,21,23)(H,22,24). The lowest BCUT2D eigenvalue weighted by Crippen LogP contribution is -2.35. The molecule has 0 spiro atoms. The average Bonchev–Trinajstić information content (AvgIpc) is 2.70. The molecule has 0 aliphatic rings. The van der Waals surface area contributed by atoms with Crippen molar-refractivity contribution in [3.8, 4) is 17.2 Å². The number of hydrogen-bond acceptors (Lipinski definition) is 5. The van der Waals surface area contributed by atoms with Crippen molar-refractivity contribution in [2.75, 3.05) is 33.9 Å². The van der Waals surface area contributed by atoms with Gasteiger partial charge in [0.05, 0.1) is 20.8 Å². The molecule has 0 saturated carbocycles. The largest absolute Gasteiger partial charge is 0.496 e. The number of carbonyl (C=O) groups is 2. The van der Waals surface area contributed by atoms with E-state index >= 15 is 0 Å². The van der Waals surface area contributed by atoms with Crippen molar-refractivity contribution >= 4 is 11.8 Å². The van der Waals surface area contributed by atoms with Gasteiger partial charge in [-0.2, -0.15) is 0 Å². The number of amides is 2. The van der Waals surface area contributed by atoms with Crippen LogP contribution in [-0.4, -0.2) is 45.7 Å². The molecule has 2 aromatic carbocycles. The van der Waals surface area contributed by atoms with E-state index in [0.717, 1.165) is 0 Å². The van der Waals surface area contributed by atoms with Crippen LogP contribution in [0.2, 0.25) is 0 Å². The first kappa shape index (κ1) is 20.1. The SMILES string of the molecule is CCOc1ccc(C(=O)NCCNC(=O)c2c(OC)cccc2OC)cc1. The van der Waals surface area contributed by atoms with E-state index in [1.165, 1.54) is 14.2 Å².